The maximum Gasteiger partial charge on any atom is 0.270 e. The summed E-state index contributed by atoms with van der Waals surface area (Å²) in [6.07, 6.45) is 8.70. The van der Waals surface area contributed by atoms with Gasteiger partial charge >= 0.3 is 0 Å². The van der Waals surface area contributed by atoms with Crippen LogP contribution in [0.15, 0.2) is 36.9 Å². The number of fused-ring (bicyclic) bond motifs is 1. The highest BCUT2D eigenvalue weighted by molar-refractivity contribution is 6.05. The molecule has 0 saturated heterocycles. The average molecular weight is 376 g/mol. The van der Waals surface area contributed by atoms with Gasteiger partial charge in [-0.05, 0) is 31.7 Å². The van der Waals surface area contributed by atoms with Gasteiger partial charge in [-0.15, -0.1) is 0 Å². The highest BCUT2D eigenvalue weighted by Crippen LogP contribution is 2.23. The predicted molar refractivity (Wildman–Crippen MR) is 102 cm³/mol. The van der Waals surface area contributed by atoms with Crippen molar-refractivity contribution in [3.63, 3.8) is 0 Å². The number of para-hydroxylation sites is 1. The molecule has 1 aliphatic carbocycles. The first kappa shape index (κ1) is 18.1. The molecule has 1 fully saturated rings. The summed E-state index contributed by atoms with van der Waals surface area (Å²) in [7, 11) is 1.72. The highest BCUT2D eigenvalue weighted by atomic mass is 16.5. The Kier molecular flexibility index (Phi) is 5.00. The lowest BCUT2D eigenvalue weighted by Gasteiger charge is -2.28. The number of aromatic nitrogens is 4. The molecule has 0 spiro atoms. The summed E-state index contributed by atoms with van der Waals surface area (Å²) in [6.45, 7) is 0. The van der Waals surface area contributed by atoms with Gasteiger partial charge in [-0.25, -0.2) is 15.0 Å². The first-order valence-electron chi connectivity index (χ1n) is 9.22. The summed E-state index contributed by atoms with van der Waals surface area (Å²) in [5.74, 6) is 0.0469. The van der Waals surface area contributed by atoms with Crippen molar-refractivity contribution < 1.29 is 9.53 Å². The number of carbonyl (C=O) groups excluding carboxylic acids is 1. The fourth-order valence-corrected chi connectivity index (χ4v) is 3.59. The Morgan fingerprint density at radius 3 is 2.79 bits per heavy atom. The molecule has 1 aromatic carbocycles. The van der Waals surface area contributed by atoms with Crippen molar-refractivity contribution in [3.05, 3.63) is 48.2 Å². The number of rotatable bonds is 4. The van der Waals surface area contributed by atoms with Gasteiger partial charge in [0.25, 0.3) is 5.91 Å². The van der Waals surface area contributed by atoms with Gasteiger partial charge in [0, 0.05) is 30.9 Å². The molecule has 1 aliphatic rings. The van der Waals surface area contributed by atoms with Crippen LogP contribution in [0.1, 0.15) is 41.7 Å². The maximum atomic E-state index is 13.1. The zero-order valence-electron chi connectivity index (χ0n) is 15.5. The van der Waals surface area contributed by atoms with Gasteiger partial charge in [0.05, 0.1) is 17.2 Å². The third-order valence-electron chi connectivity index (χ3n) is 5.13. The zero-order chi connectivity index (χ0) is 19.5. The molecule has 1 saturated carbocycles. The average Bonchev–Trinajstić information content (AvgIpc) is 3.28. The van der Waals surface area contributed by atoms with E-state index >= 15 is 0 Å². The molecule has 8 heteroatoms. The Morgan fingerprint density at radius 2 is 2.11 bits per heavy atom. The SMILES string of the molecule is COC1CCC(NC(=O)c2nc(-n3ccnc3)nc3c(C#N)cccc23)CC1. The molecule has 0 bridgehead atoms. The number of amides is 1. The largest absolute Gasteiger partial charge is 0.381 e. The lowest BCUT2D eigenvalue weighted by atomic mass is 9.93. The van der Waals surface area contributed by atoms with E-state index in [-0.39, 0.29) is 23.7 Å². The molecule has 0 radical (unpaired) electrons. The molecule has 2 aromatic heterocycles. The molecule has 2 heterocycles. The number of methoxy groups -OCH3 is 1. The van der Waals surface area contributed by atoms with E-state index in [0.29, 0.717) is 22.4 Å². The Balaban J connectivity index is 1.71. The van der Waals surface area contributed by atoms with Crippen molar-refractivity contribution >= 4 is 16.8 Å². The van der Waals surface area contributed by atoms with Gasteiger partial charge in [-0.1, -0.05) is 12.1 Å². The van der Waals surface area contributed by atoms with E-state index in [2.05, 4.69) is 26.3 Å². The van der Waals surface area contributed by atoms with Crippen LogP contribution >= 0.6 is 0 Å². The van der Waals surface area contributed by atoms with Gasteiger partial charge in [-0.2, -0.15) is 5.26 Å². The maximum absolute atomic E-state index is 13.1. The van der Waals surface area contributed by atoms with Crippen molar-refractivity contribution in [3.8, 4) is 12.0 Å². The first-order valence-corrected chi connectivity index (χ1v) is 9.22. The molecule has 1 N–H and O–H groups in total. The lowest BCUT2D eigenvalue weighted by molar-refractivity contribution is 0.0598. The van der Waals surface area contributed by atoms with E-state index in [1.165, 1.54) is 0 Å². The van der Waals surface area contributed by atoms with Crippen molar-refractivity contribution in [2.75, 3.05) is 7.11 Å². The molecule has 1 amide bonds. The Labute approximate surface area is 162 Å². The monoisotopic (exact) mass is 376 g/mol. The van der Waals surface area contributed by atoms with E-state index in [4.69, 9.17) is 4.74 Å². The number of imidazole rings is 1. The minimum atomic E-state index is -0.260. The minimum absolute atomic E-state index is 0.0831. The fourth-order valence-electron chi connectivity index (χ4n) is 3.59. The van der Waals surface area contributed by atoms with Crippen LogP contribution in [0.25, 0.3) is 16.9 Å². The van der Waals surface area contributed by atoms with Crippen LogP contribution in [0.2, 0.25) is 0 Å². The number of carbonyl (C=O) groups is 1. The molecule has 0 unspecified atom stereocenters. The molecule has 28 heavy (non-hydrogen) atoms. The molecule has 4 rings (SSSR count). The topological polar surface area (TPSA) is 106 Å². The lowest BCUT2D eigenvalue weighted by Crippen LogP contribution is -2.39. The Hall–Kier alpha value is -3.31. The van der Waals surface area contributed by atoms with Gasteiger partial charge in [0.2, 0.25) is 5.95 Å². The van der Waals surface area contributed by atoms with Crippen LogP contribution in [0, 0.1) is 11.3 Å². The second-order valence-electron chi connectivity index (χ2n) is 6.84. The van der Waals surface area contributed by atoms with Crippen molar-refractivity contribution in [1.82, 2.24) is 24.8 Å². The quantitative estimate of drug-likeness (QED) is 0.749. The third kappa shape index (κ3) is 3.44. The molecule has 3 aromatic rings. The number of hydrogen-bond acceptors (Lipinski definition) is 6. The molecule has 142 valence electrons. The normalized spacial score (nSPS) is 19.3. The van der Waals surface area contributed by atoms with Crippen molar-refractivity contribution in [2.24, 2.45) is 0 Å². The third-order valence-corrected chi connectivity index (χ3v) is 5.13. The highest BCUT2D eigenvalue weighted by Gasteiger charge is 2.24. The van der Waals surface area contributed by atoms with Crippen LogP contribution in [0.3, 0.4) is 0 Å². The van der Waals surface area contributed by atoms with Gasteiger partial charge < -0.3 is 10.1 Å². The van der Waals surface area contributed by atoms with Crippen LogP contribution in [-0.4, -0.2) is 44.7 Å². The number of nitrogens with one attached hydrogen (secondary N) is 1. The zero-order valence-corrected chi connectivity index (χ0v) is 15.5. The summed E-state index contributed by atoms with van der Waals surface area (Å²) in [4.78, 5) is 26.0. The van der Waals surface area contributed by atoms with E-state index in [1.807, 2.05) is 0 Å². The molecule has 0 aliphatic heterocycles. The van der Waals surface area contributed by atoms with Crippen molar-refractivity contribution in [2.45, 2.75) is 37.8 Å². The number of benzene rings is 1. The second-order valence-corrected chi connectivity index (χ2v) is 6.84. The number of nitriles is 1. The summed E-state index contributed by atoms with van der Waals surface area (Å²) in [6, 6.07) is 7.41. The van der Waals surface area contributed by atoms with E-state index < -0.39 is 0 Å². The van der Waals surface area contributed by atoms with E-state index in [0.717, 1.165) is 25.7 Å². The number of hydrogen-bond donors (Lipinski definition) is 1. The standard InChI is InChI=1S/C20H20N6O2/c1-28-15-7-5-14(6-8-15)23-19(27)18-16-4-2-3-13(11-21)17(16)24-20(25-18)26-10-9-22-12-26/h2-4,9-10,12,14-15H,5-8H2,1H3,(H,23,27). The van der Waals surface area contributed by atoms with Crippen molar-refractivity contribution in [1.29, 1.82) is 5.26 Å². The molecular weight excluding hydrogens is 356 g/mol. The van der Waals surface area contributed by atoms with E-state index in [9.17, 15) is 10.1 Å². The fraction of sp³-hybridized carbons (Fsp3) is 0.350. The van der Waals surface area contributed by atoms with Crippen LogP contribution in [0.4, 0.5) is 0 Å². The Bertz CT molecular complexity index is 1030. The summed E-state index contributed by atoms with van der Waals surface area (Å²) in [5.41, 5.74) is 1.12. The molecular formula is C20H20N6O2. The van der Waals surface area contributed by atoms with Gasteiger partial charge in [0.15, 0.2) is 0 Å². The Morgan fingerprint density at radius 1 is 1.29 bits per heavy atom. The second kappa shape index (κ2) is 7.74. The molecule has 0 atom stereocenters. The summed E-state index contributed by atoms with van der Waals surface area (Å²) < 4.78 is 7.02. The van der Waals surface area contributed by atoms with Crippen LogP contribution in [-0.2, 0) is 4.74 Å². The summed E-state index contributed by atoms with van der Waals surface area (Å²) >= 11 is 0. The smallest absolute Gasteiger partial charge is 0.270 e. The number of nitrogens with zero attached hydrogens (tertiary/aromatic N) is 5. The van der Waals surface area contributed by atoms with Crippen LogP contribution < -0.4 is 5.32 Å². The molecule has 8 nitrogen and oxygen atoms in total. The number of ether oxygens (including phenoxy) is 1. The first-order chi connectivity index (χ1) is 13.7. The van der Waals surface area contributed by atoms with Crippen LogP contribution in [0.5, 0.6) is 0 Å². The van der Waals surface area contributed by atoms with Gasteiger partial charge in [-0.3, -0.25) is 9.36 Å². The van der Waals surface area contributed by atoms with Gasteiger partial charge in [0.1, 0.15) is 18.1 Å². The predicted octanol–water partition coefficient (Wildman–Crippen LogP) is 2.37. The van der Waals surface area contributed by atoms with E-state index in [1.54, 1.807) is 48.6 Å². The summed E-state index contributed by atoms with van der Waals surface area (Å²) in [5, 5.41) is 13.1. The minimum Gasteiger partial charge on any atom is -0.381 e.